The maximum absolute atomic E-state index is 5.32. The molecule has 1 N–H and O–H groups in total. The summed E-state index contributed by atoms with van der Waals surface area (Å²) in [6, 6.07) is 1.56. The second-order valence-electron chi connectivity index (χ2n) is 7.50. The summed E-state index contributed by atoms with van der Waals surface area (Å²) in [5.74, 6) is 2.52. The molecule has 4 atom stereocenters. The van der Waals surface area contributed by atoms with Gasteiger partial charge >= 0.3 is 0 Å². The molecule has 21 heavy (non-hydrogen) atoms. The smallest absolute Gasteiger partial charge is 0.0589 e. The zero-order chi connectivity index (χ0) is 15.2. The van der Waals surface area contributed by atoms with Gasteiger partial charge in [0, 0.05) is 32.3 Å². The first kappa shape index (κ1) is 17.2. The van der Waals surface area contributed by atoms with Gasteiger partial charge in [0.05, 0.1) is 6.61 Å². The Kier molecular flexibility index (Phi) is 6.97. The van der Waals surface area contributed by atoms with Crippen molar-refractivity contribution < 1.29 is 4.74 Å². The van der Waals surface area contributed by atoms with E-state index in [1.165, 1.54) is 45.2 Å². The van der Waals surface area contributed by atoms with E-state index in [1.54, 1.807) is 0 Å². The van der Waals surface area contributed by atoms with Crippen LogP contribution in [0.25, 0.3) is 0 Å². The molecular weight excluding hydrogens is 260 g/mol. The SMILES string of the molecule is CCCNC1CC(C)CC(C)C1CN(CCOC)C1CC1. The summed E-state index contributed by atoms with van der Waals surface area (Å²) in [7, 11) is 1.82. The van der Waals surface area contributed by atoms with Crippen molar-refractivity contribution in [3.8, 4) is 0 Å². The predicted molar refractivity (Wildman–Crippen MR) is 89.6 cm³/mol. The largest absolute Gasteiger partial charge is 0.383 e. The van der Waals surface area contributed by atoms with Gasteiger partial charge in [-0.2, -0.15) is 0 Å². The lowest BCUT2D eigenvalue weighted by molar-refractivity contribution is 0.0787. The molecule has 0 amide bonds. The fourth-order valence-corrected chi connectivity index (χ4v) is 4.12. The van der Waals surface area contributed by atoms with Gasteiger partial charge in [0.1, 0.15) is 0 Å². The molecule has 2 fully saturated rings. The van der Waals surface area contributed by atoms with Crippen molar-refractivity contribution in [1.82, 2.24) is 10.2 Å². The zero-order valence-corrected chi connectivity index (χ0v) is 14.6. The van der Waals surface area contributed by atoms with Crippen LogP contribution in [0.1, 0.15) is 52.9 Å². The van der Waals surface area contributed by atoms with E-state index in [-0.39, 0.29) is 0 Å². The molecule has 0 aromatic carbocycles. The Labute approximate surface area is 131 Å². The highest BCUT2D eigenvalue weighted by Crippen LogP contribution is 2.36. The summed E-state index contributed by atoms with van der Waals surface area (Å²) < 4.78 is 5.32. The van der Waals surface area contributed by atoms with Gasteiger partial charge in [-0.3, -0.25) is 4.90 Å². The normalized spacial score (nSPS) is 33.6. The van der Waals surface area contributed by atoms with Gasteiger partial charge in [-0.05, 0) is 56.4 Å². The minimum Gasteiger partial charge on any atom is -0.383 e. The quantitative estimate of drug-likeness (QED) is 0.707. The number of methoxy groups -OCH3 is 1. The molecule has 0 radical (unpaired) electrons. The molecule has 2 aliphatic carbocycles. The Bertz CT molecular complexity index is 293. The van der Waals surface area contributed by atoms with E-state index in [2.05, 4.69) is 31.0 Å². The molecule has 3 nitrogen and oxygen atoms in total. The monoisotopic (exact) mass is 296 g/mol. The van der Waals surface area contributed by atoms with Crippen LogP contribution in [0.15, 0.2) is 0 Å². The van der Waals surface area contributed by atoms with Gasteiger partial charge in [-0.25, -0.2) is 0 Å². The van der Waals surface area contributed by atoms with Crippen LogP contribution in [-0.4, -0.2) is 50.3 Å². The van der Waals surface area contributed by atoms with Gasteiger partial charge in [0.25, 0.3) is 0 Å². The molecule has 0 spiro atoms. The lowest BCUT2D eigenvalue weighted by atomic mass is 9.72. The van der Waals surface area contributed by atoms with Gasteiger partial charge < -0.3 is 10.1 Å². The van der Waals surface area contributed by atoms with Crippen molar-refractivity contribution in [2.24, 2.45) is 17.8 Å². The first-order chi connectivity index (χ1) is 10.2. The molecule has 4 unspecified atom stereocenters. The van der Waals surface area contributed by atoms with Gasteiger partial charge in [0.15, 0.2) is 0 Å². The molecule has 0 bridgehead atoms. The first-order valence-corrected chi connectivity index (χ1v) is 9.12. The number of ether oxygens (including phenoxy) is 1. The highest BCUT2D eigenvalue weighted by atomic mass is 16.5. The molecule has 2 saturated carbocycles. The van der Waals surface area contributed by atoms with Crippen molar-refractivity contribution in [3.05, 3.63) is 0 Å². The van der Waals surface area contributed by atoms with Crippen LogP contribution in [0.3, 0.4) is 0 Å². The molecule has 0 aliphatic heterocycles. The topological polar surface area (TPSA) is 24.5 Å². The maximum Gasteiger partial charge on any atom is 0.0589 e. The number of nitrogens with one attached hydrogen (secondary N) is 1. The second-order valence-corrected chi connectivity index (χ2v) is 7.50. The van der Waals surface area contributed by atoms with Gasteiger partial charge in [0.2, 0.25) is 0 Å². The Hall–Kier alpha value is -0.120. The average molecular weight is 296 g/mol. The summed E-state index contributed by atoms with van der Waals surface area (Å²) >= 11 is 0. The Morgan fingerprint density at radius 1 is 1.19 bits per heavy atom. The standard InChI is InChI=1S/C18H36N2O/c1-5-8-19-18-12-14(2)11-15(3)17(18)13-20(9-10-21-4)16-6-7-16/h14-19H,5-13H2,1-4H3. The average Bonchev–Trinajstić information content (AvgIpc) is 3.27. The minimum atomic E-state index is 0.715. The zero-order valence-electron chi connectivity index (χ0n) is 14.6. The fraction of sp³-hybridized carbons (Fsp3) is 1.00. The lowest BCUT2D eigenvalue weighted by Gasteiger charge is -2.42. The van der Waals surface area contributed by atoms with Crippen LogP contribution < -0.4 is 5.32 Å². The molecule has 0 aromatic heterocycles. The van der Waals surface area contributed by atoms with Crippen molar-refractivity contribution in [3.63, 3.8) is 0 Å². The van der Waals surface area contributed by atoms with Crippen LogP contribution in [-0.2, 0) is 4.74 Å². The number of hydrogen-bond acceptors (Lipinski definition) is 3. The van der Waals surface area contributed by atoms with Crippen LogP contribution in [0, 0.1) is 17.8 Å². The number of rotatable bonds is 9. The van der Waals surface area contributed by atoms with E-state index in [0.717, 1.165) is 36.9 Å². The van der Waals surface area contributed by atoms with E-state index in [0.29, 0.717) is 6.04 Å². The molecule has 3 heteroatoms. The van der Waals surface area contributed by atoms with E-state index in [9.17, 15) is 0 Å². The third-order valence-electron chi connectivity index (χ3n) is 5.43. The number of nitrogens with zero attached hydrogens (tertiary/aromatic N) is 1. The van der Waals surface area contributed by atoms with Gasteiger partial charge in [-0.1, -0.05) is 20.8 Å². The summed E-state index contributed by atoms with van der Waals surface area (Å²) in [6.45, 7) is 11.6. The molecule has 2 aliphatic rings. The van der Waals surface area contributed by atoms with Crippen LogP contribution in [0.5, 0.6) is 0 Å². The third kappa shape index (κ3) is 5.22. The van der Waals surface area contributed by atoms with Crippen LogP contribution >= 0.6 is 0 Å². The van der Waals surface area contributed by atoms with Crippen molar-refractivity contribution in [1.29, 1.82) is 0 Å². The molecule has 0 aromatic rings. The summed E-state index contributed by atoms with van der Waals surface area (Å²) in [6.07, 6.45) is 6.79. The van der Waals surface area contributed by atoms with E-state index in [1.807, 2.05) is 7.11 Å². The number of hydrogen-bond donors (Lipinski definition) is 1. The van der Waals surface area contributed by atoms with E-state index >= 15 is 0 Å². The molecular formula is C18H36N2O. The van der Waals surface area contributed by atoms with Crippen LogP contribution in [0.2, 0.25) is 0 Å². The molecule has 0 heterocycles. The van der Waals surface area contributed by atoms with Crippen LogP contribution in [0.4, 0.5) is 0 Å². The lowest BCUT2D eigenvalue weighted by Crippen LogP contribution is -2.50. The van der Waals surface area contributed by atoms with Crippen molar-refractivity contribution in [2.75, 3.05) is 33.4 Å². The molecule has 124 valence electrons. The molecule has 2 rings (SSSR count). The van der Waals surface area contributed by atoms with Gasteiger partial charge in [-0.15, -0.1) is 0 Å². The van der Waals surface area contributed by atoms with Crippen molar-refractivity contribution >= 4 is 0 Å². The fourth-order valence-electron chi connectivity index (χ4n) is 4.12. The maximum atomic E-state index is 5.32. The first-order valence-electron chi connectivity index (χ1n) is 9.12. The van der Waals surface area contributed by atoms with E-state index in [4.69, 9.17) is 4.74 Å². The second kappa shape index (κ2) is 8.50. The minimum absolute atomic E-state index is 0.715. The predicted octanol–water partition coefficient (Wildman–Crippen LogP) is 3.15. The third-order valence-corrected chi connectivity index (χ3v) is 5.43. The molecule has 0 saturated heterocycles. The highest BCUT2D eigenvalue weighted by Gasteiger charge is 2.37. The van der Waals surface area contributed by atoms with Crippen molar-refractivity contribution in [2.45, 2.75) is 65.0 Å². The Morgan fingerprint density at radius 3 is 2.57 bits per heavy atom. The summed E-state index contributed by atoms with van der Waals surface area (Å²) in [4.78, 5) is 2.71. The summed E-state index contributed by atoms with van der Waals surface area (Å²) in [5, 5.41) is 3.85. The Balaban J connectivity index is 1.94. The van der Waals surface area contributed by atoms with E-state index < -0.39 is 0 Å². The summed E-state index contributed by atoms with van der Waals surface area (Å²) in [5.41, 5.74) is 0. The Morgan fingerprint density at radius 2 is 1.95 bits per heavy atom. The highest BCUT2D eigenvalue weighted by molar-refractivity contribution is 4.92.